The monoisotopic (exact) mass is 276 g/mol. The highest BCUT2D eigenvalue weighted by molar-refractivity contribution is 7.10. The van der Waals surface area contributed by atoms with Crippen LogP contribution in [0, 0.1) is 0 Å². The molecule has 3 heterocycles. The van der Waals surface area contributed by atoms with Crippen LogP contribution in [0.4, 0.5) is 4.79 Å². The van der Waals surface area contributed by atoms with Crippen LogP contribution in [-0.4, -0.2) is 24.0 Å². The maximum Gasteiger partial charge on any atom is 0.317 e. The molecule has 0 saturated carbocycles. The number of carbonyl (C=O) groups is 1. The summed E-state index contributed by atoms with van der Waals surface area (Å²) in [5.74, 6) is 0.902. The molecule has 3 rings (SSSR count). The number of amides is 2. The molecule has 1 aliphatic rings. The third-order valence-electron chi connectivity index (χ3n) is 3.32. The second kappa shape index (κ2) is 5.48. The van der Waals surface area contributed by atoms with Gasteiger partial charge in [0.15, 0.2) is 0 Å². The van der Waals surface area contributed by atoms with Crippen molar-refractivity contribution < 1.29 is 9.21 Å². The minimum atomic E-state index is 0.0170. The number of nitrogens with zero attached hydrogens (tertiary/aromatic N) is 1. The van der Waals surface area contributed by atoms with E-state index in [1.807, 2.05) is 17.0 Å². The molecule has 0 unspecified atom stereocenters. The lowest BCUT2D eigenvalue weighted by Gasteiger charge is -2.27. The molecule has 0 aromatic carbocycles. The molecule has 4 nitrogen and oxygen atoms in total. The van der Waals surface area contributed by atoms with Gasteiger partial charge < -0.3 is 14.6 Å². The quantitative estimate of drug-likeness (QED) is 0.936. The molecular weight excluding hydrogens is 260 g/mol. The van der Waals surface area contributed by atoms with Crippen LogP contribution in [0.2, 0.25) is 0 Å². The number of urea groups is 1. The number of fused-ring (bicyclic) bond motifs is 1. The number of hydrogen-bond donors (Lipinski definition) is 1. The molecule has 2 aromatic heterocycles. The van der Waals surface area contributed by atoms with E-state index in [2.05, 4.69) is 16.8 Å². The summed E-state index contributed by atoms with van der Waals surface area (Å²) in [5, 5.41) is 5.04. The number of furan rings is 1. The Morgan fingerprint density at radius 1 is 1.47 bits per heavy atom. The van der Waals surface area contributed by atoms with Crippen LogP contribution in [0.5, 0.6) is 0 Å². The Morgan fingerprint density at radius 3 is 3.26 bits per heavy atom. The van der Waals surface area contributed by atoms with Crippen LogP contribution in [0.1, 0.15) is 16.2 Å². The van der Waals surface area contributed by atoms with Crippen molar-refractivity contribution in [1.29, 1.82) is 0 Å². The average Bonchev–Trinajstić information content (AvgIpc) is 3.08. The summed E-state index contributed by atoms with van der Waals surface area (Å²) < 4.78 is 5.23. The molecular formula is C14H16N2O2S. The Bertz CT molecular complexity index is 548. The minimum absolute atomic E-state index is 0.0170. The maximum atomic E-state index is 12.0. The van der Waals surface area contributed by atoms with E-state index in [1.165, 1.54) is 10.4 Å². The van der Waals surface area contributed by atoms with E-state index >= 15 is 0 Å². The van der Waals surface area contributed by atoms with Crippen molar-refractivity contribution in [3.63, 3.8) is 0 Å². The van der Waals surface area contributed by atoms with Gasteiger partial charge in [-0.15, -0.1) is 11.3 Å². The van der Waals surface area contributed by atoms with Gasteiger partial charge in [0.1, 0.15) is 5.76 Å². The van der Waals surface area contributed by atoms with E-state index in [-0.39, 0.29) is 6.03 Å². The Balaban J connectivity index is 1.49. The standard InChI is InChI=1S/C14H16N2O2S/c17-14(15-6-3-12-2-1-8-18-12)16-7-4-13-11(10-16)5-9-19-13/h1-2,5,8-9H,3-4,6-7,10H2,(H,15,17). The minimum Gasteiger partial charge on any atom is -0.469 e. The van der Waals surface area contributed by atoms with Gasteiger partial charge in [0, 0.05) is 30.9 Å². The van der Waals surface area contributed by atoms with Crippen LogP contribution in [0.15, 0.2) is 34.3 Å². The lowest BCUT2D eigenvalue weighted by atomic mass is 10.1. The van der Waals surface area contributed by atoms with Crippen LogP contribution in [0.25, 0.3) is 0 Å². The van der Waals surface area contributed by atoms with Crippen molar-refractivity contribution in [2.45, 2.75) is 19.4 Å². The fourth-order valence-corrected chi connectivity index (χ4v) is 3.17. The lowest BCUT2D eigenvalue weighted by Crippen LogP contribution is -2.43. The van der Waals surface area contributed by atoms with E-state index in [4.69, 9.17) is 4.42 Å². The number of hydrogen-bond acceptors (Lipinski definition) is 3. The summed E-state index contributed by atoms with van der Waals surface area (Å²) in [7, 11) is 0. The molecule has 100 valence electrons. The van der Waals surface area contributed by atoms with Crippen LogP contribution < -0.4 is 5.32 Å². The Morgan fingerprint density at radius 2 is 2.42 bits per heavy atom. The van der Waals surface area contributed by atoms with Crippen molar-refractivity contribution in [3.8, 4) is 0 Å². The first kappa shape index (κ1) is 12.3. The van der Waals surface area contributed by atoms with Gasteiger partial charge in [0.05, 0.1) is 6.26 Å². The number of thiophene rings is 1. The first-order chi connectivity index (χ1) is 9.33. The Hall–Kier alpha value is -1.75. The zero-order chi connectivity index (χ0) is 13.1. The summed E-state index contributed by atoms with van der Waals surface area (Å²) in [6.45, 7) is 2.14. The predicted molar refractivity (Wildman–Crippen MR) is 74.2 cm³/mol. The van der Waals surface area contributed by atoms with Crippen molar-refractivity contribution in [2.24, 2.45) is 0 Å². The van der Waals surface area contributed by atoms with Crippen LogP contribution >= 0.6 is 11.3 Å². The molecule has 2 amide bonds. The van der Waals surface area contributed by atoms with Gasteiger partial charge in [-0.3, -0.25) is 0 Å². The van der Waals surface area contributed by atoms with Crippen LogP contribution in [-0.2, 0) is 19.4 Å². The molecule has 1 aliphatic heterocycles. The SMILES string of the molecule is O=C(NCCc1ccco1)N1CCc2sccc2C1. The highest BCUT2D eigenvalue weighted by Crippen LogP contribution is 2.23. The van der Waals surface area contributed by atoms with Gasteiger partial charge in [-0.1, -0.05) is 0 Å². The van der Waals surface area contributed by atoms with Crippen molar-refractivity contribution >= 4 is 17.4 Å². The highest BCUT2D eigenvalue weighted by Gasteiger charge is 2.20. The molecule has 2 aromatic rings. The van der Waals surface area contributed by atoms with Crippen molar-refractivity contribution in [2.75, 3.05) is 13.1 Å². The fraction of sp³-hybridized carbons (Fsp3) is 0.357. The summed E-state index contributed by atoms with van der Waals surface area (Å²) in [5.41, 5.74) is 1.29. The summed E-state index contributed by atoms with van der Waals surface area (Å²) in [6, 6.07) is 5.91. The smallest absolute Gasteiger partial charge is 0.317 e. The first-order valence-electron chi connectivity index (χ1n) is 6.43. The third-order valence-corrected chi connectivity index (χ3v) is 4.35. The van der Waals surface area contributed by atoms with E-state index in [9.17, 15) is 4.79 Å². The Labute approximate surface area is 116 Å². The molecule has 0 radical (unpaired) electrons. The number of carbonyl (C=O) groups excluding carboxylic acids is 1. The van der Waals surface area contributed by atoms with E-state index in [1.54, 1.807) is 17.6 Å². The Kier molecular flexibility index (Phi) is 3.55. The number of nitrogens with one attached hydrogen (secondary N) is 1. The van der Waals surface area contributed by atoms with Crippen LogP contribution in [0.3, 0.4) is 0 Å². The molecule has 0 atom stereocenters. The third kappa shape index (κ3) is 2.81. The van der Waals surface area contributed by atoms with Crippen molar-refractivity contribution in [1.82, 2.24) is 10.2 Å². The van der Waals surface area contributed by atoms with Gasteiger partial charge in [-0.25, -0.2) is 4.79 Å². The lowest BCUT2D eigenvalue weighted by molar-refractivity contribution is 0.193. The highest BCUT2D eigenvalue weighted by atomic mass is 32.1. The second-order valence-electron chi connectivity index (χ2n) is 4.60. The van der Waals surface area contributed by atoms with Crippen molar-refractivity contribution in [3.05, 3.63) is 46.0 Å². The zero-order valence-electron chi connectivity index (χ0n) is 10.6. The normalized spacial score (nSPS) is 14.2. The summed E-state index contributed by atoms with van der Waals surface area (Å²) in [4.78, 5) is 15.3. The van der Waals surface area contributed by atoms with Gasteiger partial charge in [0.25, 0.3) is 0 Å². The van der Waals surface area contributed by atoms with E-state index in [0.717, 1.165) is 31.7 Å². The predicted octanol–water partition coefficient (Wildman–Crippen LogP) is 2.65. The zero-order valence-corrected chi connectivity index (χ0v) is 11.4. The summed E-state index contributed by atoms with van der Waals surface area (Å²) >= 11 is 1.78. The summed E-state index contributed by atoms with van der Waals surface area (Å²) in [6.07, 6.45) is 3.36. The van der Waals surface area contributed by atoms with Gasteiger partial charge >= 0.3 is 6.03 Å². The van der Waals surface area contributed by atoms with Gasteiger partial charge in [-0.2, -0.15) is 0 Å². The molecule has 19 heavy (non-hydrogen) atoms. The molecule has 0 fully saturated rings. The maximum absolute atomic E-state index is 12.0. The molecule has 1 N–H and O–H groups in total. The molecule has 5 heteroatoms. The molecule has 0 bridgehead atoms. The average molecular weight is 276 g/mol. The number of rotatable bonds is 3. The van der Waals surface area contributed by atoms with E-state index in [0.29, 0.717) is 6.54 Å². The molecule has 0 spiro atoms. The van der Waals surface area contributed by atoms with Gasteiger partial charge in [0.2, 0.25) is 0 Å². The van der Waals surface area contributed by atoms with Gasteiger partial charge in [-0.05, 0) is 35.6 Å². The van der Waals surface area contributed by atoms with E-state index < -0.39 is 0 Å². The molecule has 0 saturated heterocycles. The fourth-order valence-electron chi connectivity index (χ4n) is 2.28. The second-order valence-corrected chi connectivity index (χ2v) is 5.60. The topological polar surface area (TPSA) is 45.5 Å². The molecule has 0 aliphatic carbocycles. The first-order valence-corrected chi connectivity index (χ1v) is 7.31. The largest absolute Gasteiger partial charge is 0.469 e.